The number of aryl methyl sites for hydroxylation is 1. The van der Waals surface area contributed by atoms with E-state index in [4.69, 9.17) is 4.74 Å². The Morgan fingerprint density at radius 3 is 2.43 bits per heavy atom. The average molecular weight is 423 g/mol. The minimum atomic E-state index is 0.0887. The van der Waals surface area contributed by atoms with Gasteiger partial charge >= 0.3 is 0 Å². The monoisotopic (exact) mass is 422 g/mol. The molecule has 0 spiro atoms. The summed E-state index contributed by atoms with van der Waals surface area (Å²) in [6, 6.07) is 12.0. The van der Waals surface area contributed by atoms with Gasteiger partial charge in [-0.3, -0.25) is 14.7 Å². The molecule has 2 aromatic heterocycles. The molecule has 3 aromatic rings. The number of carbonyl (C=O) groups excluding carboxylic acids is 1. The van der Waals surface area contributed by atoms with E-state index >= 15 is 0 Å². The molecule has 0 atom stereocenters. The SMILES string of the molecule is CCOc1ccc(-c2nc(C)c(C(=O)N3CCN(Cc4ccncc4)CC3)s2)cc1. The summed E-state index contributed by atoms with van der Waals surface area (Å²) in [5.74, 6) is 0.932. The molecule has 1 amide bonds. The standard InChI is InChI=1S/C23H26N4O2S/c1-3-29-20-6-4-19(5-7-20)22-25-17(2)21(30-22)23(28)27-14-12-26(13-15-27)16-18-8-10-24-11-9-18/h4-11H,3,12-16H2,1-2H3. The van der Waals surface area contributed by atoms with Crippen molar-refractivity contribution in [2.75, 3.05) is 32.8 Å². The van der Waals surface area contributed by atoms with Crippen LogP contribution in [0.4, 0.5) is 0 Å². The maximum absolute atomic E-state index is 13.1. The lowest BCUT2D eigenvalue weighted by Gasteiger charge is -2.34. The maximum Gasteiger partial charge on any atom is 0.265 e. The van der Waals surface area contributed by atoms with Crippen LogP contribution in [0.3, 0.4) is 0 Å². The topological polar surface area (TPSA) is 58.6 Å². The highest BCUT2D eigenvalue weighted by Crippen LogP contribution is 2.30. The summed E-state index contributed by atoms with van der Waals surface area (Å²) < 4.78 is 5.50. The van der Waals surface area contributed by atoms with Crippen LogP contribution in [0.1, 0.15) is 27.9 Å². The fourth-order valence-electron chi connectivity index (χ4n) is 3.58. The van der Waals surface area contributed by atoms with E-state index in [-0.39, 0.29) is 5.91 Å². The van der Waals surface area contributed by atoms with Crippen molar-refractivity contribution in [3.8, 4) is 16.3 Å². The molecular weight excluding hydrogens is 396 g/mol. The molecule has 1 saturated heterocycles. The number of thiazole rings is 1. The van der Waals surface area contributed by atoms with Gasteiger partial charge in [-0.25, -0.2) is 4.98 Å². The van der Waals surface area contributed by atoms with Crippen molar-refractivity contribution >= 4 is 17.2 Å². The quantitative estimate of drug-likeness (QED) is 0.604. The Kier molecular flexibility index (Phi) is 6.40. The lowest BCUT2D eigenvalue weighted by atomic mass is 10.2. The van der Waals surface area contributed by atoms with Crippen LogP contribution in [0.5, 0.6) is 5.75 Å². The third-order valence-corrected chi connectivity index (χ3v) is 6.41. The van der Waals surface area contributed by atoms with Crippen LogP contribution < -0.4 is 4.74 Å². The fraction of sp³-hybridized carbons (Fsp3) is 0.348. The van der Waals surface area contributed by atoms with Gasteiger partial charge in [0.15, 0.2) is 0 Å². The summed E-state index contributed by atoms with van der Waals surface area (Å²) in [6.07, 6.45) is 3.65. The van der Waals surface area contributed by atoms with Crippen molar-refractivity contribution in [2.24, 2.45) is 0 Å². The average Bonchev–Trinajstić information content (AvgIpc) is 3.17. The molecule has 1 aliphatic rings. The number of pyridine rings is 1. The van der Waals surface area contributed by atoms with Crippen LogP contribution in [-0.4, -0.2) is 58.5 Å². The van der Waals surface area contributed by atoms with Crippen LogP contribution in [0.25, 0.3) is 10.6 Å². The Hall–Kier alpha value is -2.77. The van der Waals surface area contributed by atoms with E-state index in [2.05, 4.69) is 14.9 Å². The van der Waals surface area contributed by atoms with Crippen molar-refractivity contribution < 1.29 is 9.53 Å². The van der Waals surface area contributed by atoms with Gasteiger partial charge in [0.05, 0.1) is 12.3 Å². The minimum absolute atomic E-state index is 0.0887. The first-order valence-corrected chi connectivity index (χ1v) is 11.1. The van der Waals surface area contributed by atoms with E-state index in [0.29, 0.717) is 6.61 Å². The number of rotatable bonds is 6. The Bertz CT molecular complexity index is 980. The molecule has 0 saturated carbocycles. The number of carbonyl (C=O) groups is 1. The summed E-state index contributed by atoms with van der Waals surface area (Å²) in [4.78, 5) is 26.9. The fourth-order valence-corrected chi connectivity index (χ4v) is 4.62. The van der Waals surface area contributed by atoms with Gasteiger partial charge in [-0.05, 0) is 55.8 Å². The molecule has 3 heterocycles. The normalized spacial score (nSPS) is 14.7. The Morgan fingerprint density at radius 2 is 1.77 bits per heavy atom. The highest BCUT2D eigenvalue weighted by molar-refractivity contribution is 7.17. The van der Waals surface area contributed by atoms with Crippen molar-refractivity contribution in [2.45, 2.75) is 20.4 Å². The van der Waals surface area contributed by atoms with Crippen molar-refractivity contribution in [3.63, 3.8) is 0 Å². The Balaban J connectivity index is 1.39. The van der Waals surface area contributed by atoms with E-state index in [0.717, 1.165) is 59.6 Å². The van der Waals surface area contributed by atoms with E-state index in [1.54, 1.807) is 0 Å². The number of nitrogens with zero attached hydrogens (tertiary/aromatic N) is 4. The van der Waals surface area contributed by atoms with Gasteiger partial charge in [0.1, 0.15) is 15.6 Å². The first-order chi connectivity index (χ1) is 14.6. The molecule has 0 unspecified atom stereocenters. The van der Waals surface area contributed by atoms with Gasteiger partial charge in [0.2, 0.25) is 0 Å². The number of piperazine rings is 1. The molecule has 0 bridgehead atoms. The number of hydrogen-bond donors (Lipinski definition) is 0. The molecule has 4 rings (SSSR count). The van der Waals surface area contributed by atoms with E-state index in [1.807, 2.05) is 67.5 Å². The lowest BCUT2D eigenvalue weighted by molar-refractivity contribution is 0.0632. The molecule has 0 radical (unpaired) electrons. The van der Waals surface area contributed by atoms with Gasteiger partial charge in [-0.1, -0.05) is 0 Å². The second kappa shape index (κ2) is 9.36. The molecule has 30 heavy (non-hydrogen) atoms. The minimum Gasteiger partial charge on any atom is -0.494 e. The highest BCUT2D eigenvalue weighted by Gasteiger charge is 2.25. The van der Waals surface area contributed by atoms with Crippen LogP contribution >= 0.6 is 11.3 Å². The summed E-state index contributed by atoms with van der Waals surface area (Å²) in [6.45, 7) is 8.64. The van der Waals surface area contributed by atoms with Gasteiger partial charge in [-0.15, -0.1) is 11.3 Å². The predicted octanol–water partition coefficient (Wildman–Crippen LogP) is 3.87. The zero-order chi connectivity index (χ0) is 20.9. The van der Waals surface area contributed by atoms with Gasteiger partial charge in [-0.2, -0.15) is 0 Å². The molecule has 7 heteroatoms. The summed E-state index contributed by atoms with van der Waals surface area (Å²) >= 11 is 1.47. The molecule has 1 fully saturated rings. The lowest BCUT2D eigenvalue weighted by Crippen LogP contribution is -2.48. The molecule has 0 N–H and O–H groups in total. The maximum atomic E-state index is 13.1. The van der Waals surface area contributed by atoms with Gasteiger partial charge in [0.25, 0.3) is 5.91 Å². The zero-order valence-electron chi connectivity index (χ0n) is 17.4. The third-order valence-electron chi connectivity index (χ3n) is 5.22. The van der Waals surface area contributed by atoms with Crippen LogP contribution in [-0.2, 0) is 6.54 Å². The number of hydrogen-bond acceptors (Lipinski definition) is 6. The molecule has 1 aromatic carbocycles. The summed E-state index contributed by atoms with van der Waals surface area (Å²) in [7, 11) is 0. The summed E-state index contributed by atoms with van der Waals surface area (Å²) in [5, 5.41) is 0.871. The highest BCUT2D eigenvalue weighted by atomic mass is 32.1. The number of ether oxygens (including phenoxy) is 1. The Labute approximate surface area is 181 Å². The molecule has 156 valence electrons. The smallest absolute Gasteiger partial charge is 0.265 e. The van der Waals surface area contributed by atoms with Crippen molar-refractivity contribution in [1.82, 2.24) is 19.8 Å². The zero-order valence-corrected chi connectivity index (χ0v) is 18.2. The third kappa shape index (κ3) is 4.68. The van der Waals surface area contributed by atoms with Crippen molar-refractivity contribution in [1.29, 1.82) is 0 Å². The molecular formula is C23H26N4O2S. The first kappa shape index (κ1) is 20.5. The molecule has 1 aliphatic heterocycles. The van der Waals surface area contributed by atoms with Gasteiger partial charge < -0.3 is 9.64 Å². The van der Waals surface area contributed by atoms with Crippen molar-refractivity contribution in [3.05, 3.63) is 64.9 Å². The second-order valence-corrected chi connectivity index (χ2v) is 8.31. The molecule has 6 nitrogen and oxygen atoms in total. The first-order valence-electron chi connectivity index (χ1n) is 10.2. The van der Waals surface area contributed by atoms with E-state index in [1.165, 1.54) is 16.9 Å². The number of aromatic nitrogens is 2. The second-order valence-electron chi connectivity index (χ2n) is 7.31. The number of amides is 1. The van der Waals surface area contributed by atoms with Crippen LogP contribution in [0.15, 0.2) is 48.8 Å². The van der Waals surface area contributed by atoms with E-state index < -0.39 is 0 Å². The predicted molar refractivity (Wildman–Crippen MR) is 119 cm³/mol. The molecule has 0 aliphatic carbocycles. The Morgan fingerprint density at radius 1 is 1.07 bits per heavy atom. The van der Waals surface area contributed by atoms with Crippen LogP contribution in [0.2, 0.25) is 0 Å². The van der Waals surface area contributed by atoms with E-state index in [9.17, 15) is 4.79 Å². The van der Waals surface area contributed by atoms with Gasteiger partial charge in [0, 0.05) is 50.7 Å². The number of benzene rings is 1. The largest absolute Gasteiger partial charge is 0.494 e. The van der Waals surface area contributed by atoms with Crippen LogP contribution in [0, 0.1) is 6.92 Å². The summed E-state index contributed by atoms with van der Waals surface area (Å²) in [5.41, 5.74) is 3.06.